The standard InChI is InChI=1S/C40H41ClN6O9.C4H11N.C2H6/c1-47(36(52)21-45-38(53)26-5-3-24(4-6-26)25-7-10-28(41)11-8-25)37-27-9-13-34(56-15-14-42)31(18-27)30-16-23(2-12-33(30)50)17-32(39(54)43-19-29(49)22-48)46-35(51)20-44-40(37)55;1-2-3-4-5;1-2/h2-13,16,18,32,37,48,50H,14-15,17,19-22,42H2,1H3,(H,43,54)(H,44,55)(H,45,53)(H,46,51);2-5H2,1H3;1-2H3. The van der Waals surface area contributed by atoms with Gasteiger partial charge in [-0.05, 0) is 83.8 Å². The number of hydrogen-bond acceptors (Lipinski definition) is 11. The number of carbonyl (C=O) groups is 6. The van der Waals surface area contributed by atoms with Gasteiger partial charge in [0.1, 0.15) is 36.8 Å². The maximum atomic E-state index is 13.9. The second kappa shape index (κ2) is 26.2. The van der Waals surface area contributed by atoms with Crippen LogP contribution in [0.15, 0.2) is 84.9 Å². The van der Waals surface area contributed by atoms with Crippen molar-refractivity contribution in [2.45, 2.75) is 52.1 Å². The number of unbranched alkanes of at least 4 members (excludes halogenated alkanes) is 1. The number of ether oxygens (including phenoxy) is 1. The van der Waals surface area contributed by atoms with Gasteiger partial charge in [0.05, 0.1) is 19.6 Å². The molecule has 0 spiro atoms. The molecule has 4 aromatic rings. The van der Waals surface area contributed by atoms with Crippen LogP contribution in [0.1, 0.15) is 61.1 Å². The molecule has 4 aromatic carbocycles. The Kier molecular flexibility index (Phi) is 21.2. The van der Waals surface area contributed by atoms with E-state index in [0.717, 1.165) is 22.6 Å². The third kappa shape index (κ3) is 15.2. The fourth-order valence-electron chi connectivity index (χ4n) is 6.21. The first-order chi connectivity index (χ1) is 30.3. The maximum Gasteiger partial charge on any atom is 0.251 e. The van der Waals surface area contributed by atoms with Crippen LogP contribution < -0.4 is 37.5 Å². The molecule has 0 radical (unpaired) electrons. The van der Waals surface area contributed by atoms with Crippen LogP contribution in [0.4, 0.5) is 0 Å². The summed E-state index contributed by atoms with van der Waals surface area (Å²) in [5, 5.41) is 30.8. The van der Waals surface area contributed by atoms with E-state index in [-0.39, 0.29) is 36.4 Å². The van der Waals surface area contributed by atoms with Crippen molar-refractivity contribution in [3.05, 3.63) is 107 Å². The van der Waals surface area contributed by atoms with Gasteiger partial charge in [-0.3, -0.25) is 28.8 Å². The highest BCUT2D eigenvalue weighted by Crippen LogP contribution is 2.39. The van der Waals surface area contributed by atoms with Crippen LogP contribution in [0.5, 0.6) is 11.5 Å². The molecular weight excluding hydrogens is 830 g/mol. The molecule has 0 aliphatic carbocycles. The number of fused-ring (bicyclic) bond motifs is 5. The minimum absolute atomic E-state index is 0.0805. The smallest absolute Gasteiger partial charge is 0.251 e. The van der Waals surface area contributed by atoms with Crippen molar-refractivity contribution in [2.75, 3.05) is 53.0 Å². The number of ketones is 1. The van der Waals surface area contributed by atoms with Crippen LogP contribution in [0.3, 0.4) is 0 Å². The molecule has 338 valence electrons. The molecule has 5 amide bonds. The largest absolute Gasteiger partial charge is 0.507 e. The normalized spacial score (nSPS) is 14.4. The molecule has 4 bridgehead atoms. The summed E-state index contributed by atoms with van der Waals surface area (Å²) >= 11 is 5.99. The highest BCUT2D eigenvalue weighted by atomic mass is 35.5. The Morgan fingerprint density at radius 2 is 1.54 bits per heavy atom. The van der Waals surface area contributed by atoms with Crippen molar-refractivity contribution < 1.29 is 43.7 Å². The first-order valence-electron chi connectivity index (χ1n) is 20.7. The first-order valence-corrected chi connectivity index (χ1v) is 21.0. The topological polar surface area (TPSA) is 256 Å². The predicted octanol–water partition coefficient (Wildman–Crippen LogP) is 3.25. The number of aliphatic hydroxyl groups is 1. The Bertz CT molecular complexity index is 2170. The minimum Gasteiger partial charge on any atom is -0.507 e. The molecule has 0 fully saturated rings. The van der Waals surface area contributed by atoms with E-state index in [4.69, 9.17) is 32.9 Å². The van der Waals surface area contributed by atoms with E-state index in [9.17, 15) is 33.9 Å². The lowest BCUT2D eigenvalue weighted by molar-refractivity contribution is -0.139. The van der Waals surface area contributed by atoms with Gasteiger partial charge in [-0.25, -0.2) is 0 Å². The molecular formula is C46H58ClN7O9. The van der Waals surface area contributed by atoms with Crippen LogP contribution in [0.2, 0.25) is 5.02 Å². The quantitative estimate of drug-likeness (QED) is 0.0912. The zero-order valence-corrected chi connectivity index (χ0v) is 36.8. The minimum atomic E-state index is -1.36. The van der Waals surface area contributed by atoms with Gasteiger partial charge >= 0.3 is 0 Å². The zero-order valence-electron chi connectivity index (χ0n) is 36.0. The summed E-state index contributed by atoms with van der Waals surface area (Å²) in [7, 11) is 1.37. The highest BCUT2D eigenvalue weighted by molar-refractivity contribution is 6.30. The molecule has 0 saturated carbocycles. The van der Waals surface area contributed by atoms with Crippen LogP contribution in [-0.4, -0.2) is 109 Å². The summed E-state index contributed by atoms with van der Waals surface area (Å²) < 4.78 is 5.90. The molecule has 2 atom stereocenters. The van der Waals surface area contributed by atoms with Gasteiger partial charge in [-0.2, -0.15) is 0 Å². The van der Waals surface area contributed by atoms with E-state index in [2.05, 4.69) is 28.2 Å². The van der Waals surface area contributed by atoms with Crippen molar-refractivity contribution in [3.63, 3.8) is 0 Å². The number of benzene rings is 4. The lowest BCUT2D eigenvalue weighted by atomic mass is 9.94. The summed E-state index contributed by atoms with van der Waals surface area (Å²) in [6.45, 7) is 4.91. The number of amides is 5. The van der Waals surface area contributed by atoms with Gasteiger partial charge < -0.3 is 52.6 Å². The number of phenols is 1. The van der Waals surface area contributed by atoms with Crippen LogP contribution in [0.25, 0.3) is 22.3 Å². The average Bonchev–Trinajstić information content (AvgIpc) is 3.30. The summed E-state index contributed by atoms with van der Waals surface area (Å²) in [4.78, 5) is 79.7. The first kappa shape index (κ1) is 51.0. The van der Waals surface area contributed by atoms with E-state index >= 15 is 0 Å². The lowest BCUT2D eigenvalue weighted by Crippen LogP contribution is -2.52. The number of nitrogens with two attached hydrogens (primary N) is 2. The van der Waals surface area contributed by atoms with Crippen molar-refractivity contribution in [1.82, 2.24) is 26.2 Å². The Morgan fingerprint density at radius 1 is 0.873 bits per heavy atom. The van der Waals surface area contributed by atoms with Gasteiger partial charge in [0.15, 0.2) is 5.78 Å². The summed E-state index contributed by atoms with van der Waals surface area (Å²) in [6, 6.07) is 20.6. The van der Waals surface area contributed by atoms with Gasteiger partial charge in [-0.1, -0.05) is 75.2 Å². The number of rotatable bonds is 14. The molecule has 2 unspecified atom stereocenters. The molecule has 0 saturated heterocycles. The third-order valence-electron chi connectivity index (χ3n) is 9.51. The van der Waals surface area contributed by atoms with Crippen LogP contribution in [-0.2, 0) is 30.4 Å². The summed E-state index contributed by atoms with van der Waals surface area (Å²) in [5.41, 5.74) is 14.3. The van der Waals surface area contributed by atoms with Crippen molar-refractivity contribution in [3.8, 4) is 33.8 Å². The number of hydrogen-bond donors (Lipinski definition) is 8. The van der Waals surface area contributed by atoms with Crippen molar-refractivity contribution >= 4 is 46.9 Å². The number of aliphatic hydroxyl groups excluding tert-OH is 1. The average molecular weight is 888 g/mol. The number of nitrogens with zero attached hydrogens (tertiary/aromatic N) is 1. The number of aromatic hydroxyl groups is 1. The van der Waals surface area contributed by atoms with Gasteiger partial charge in [0.25, 0.3) is 5.91 Å². The predicted molar refractivity (Wildman–Crippen MR) is 242 cm³/mol. The fourth-order valence-corrected chi connectivity index (χ4v) is 6.33. The number of halogens is 1. The van der Waals surface area contributed by atoms with E-state index in [1.807, 2.05) is 26.0 Å². The molecule has 10 N–H and O–H groups in total. The van der Waals surface area contributed by atoms with E-state index in [0.29, 0.717) is 27.5 Å². The Labute approximate surface area is 372 Å². The van der Waals surface area contributed by atoms with Crippen LogP contribution in [0, 0.1) is 0 Å². The van der Waals surface area contributed by atoms with Crippen molar-refractivity contribution in [2.24, 2.45) is 11.5 Å². The second-order valence-corrected chi connectivity index (χ2v) is 14.5. The van der Waals surface area contributed by atoms with Gasteiger partial charge in [-0.15, -0.1) is 0 Å². The molecule has 5 rings (SSSR count). The number of carbonyl (C=O) groups excluding carboxylic acids is 6. The molecule has 17 heteroatoms. The Morgan fingerprint density at radius 3 is 2.14 bits per heavy atom. The molecule has 63 heavy (non-hydrogen) atoms. The number of Topliss-reactive ketones (excluding diaryl/α,β-unsaturated/α-hetero) is 1. The molecule has 1 aliphatic rings. The Balaban J connectivity index is 0.00000141. The number of likely N-dealkylation sites (N-methyl/N-ethyl adjacent to an activating group) is 1. The molecule has 1 heterocycles. The lowest BCUT2D eigenvalue weighted by Gasteiger charge is -2.29. The molecule has 1 aliphatic heterocycles. The molecule has 0 aromatic heterocycles. The Hall–Kier alpha value is -6.33. The number of phenolic OH excluding ortho intramolecular Hbond substituents is 1. The SMILES string of the molecule is CC.CCCCN.CN(C(=O)CNC(=O)c1ccc(-c2ccc(Cl)cc2)cc1)C1C(=O)NCC(=O)NC(C(=O)NCC(=O)CO)Cc2ccc(O)c(c2)-c2cc1ccc2OCCN. The third-order valence-corrected chi connectivity index (χ3v) is 9.76. The second-order valence-electron chi connectivity index (χ2n) is 14.0. The van der Waals surface area contributed by atoms with Gasteiger partial charge in [0, 0.05) is 41.7 Å². The molecule has 16 nitrogen and oxygen atoms in total. The maximum absolute atomic E-state index is 13.9. The highest BCUT2D eigenvalue weighted by Gasteiger charge is 2.31. The van der Waals surface area contributed by atoms with Crippen molar-refractivity contribution in [1.29, 1.82) is 0 Å². The number of nitrogens with one attached hydrogen (secondary N) is 4. The van der Waals surface area contributed by atoms with E-state index in [1.165, 1.54) is 26.0 Å². The summed E-state index contributed by atoms with van der Waals surface area (Å²) in [6.07, 6.45) is 2.30. The summed E-state index contributed by atoms with van der Waals surface area (Å²) in [5.74, 6) is -3.96. The van der Waals surface area contributed by atoms with Crippen LogP contribution >= 0.6 is 11.6 Å². The fraction of sp³-hybridized carbons (Fsp3) is 0.348. The van der Waals surface area contributed by atoms with E-state index in [1.54, 1.807) is 66.7 Å². The van der Waals surface area contributed by atoms with Gasteiger partial charge in [0.2, 0.25) is 23.6 Å². The monoisotopic (exact) mass is 887 g/mol. The zero-order chi connectivity index (χ0) is 46.5. The van der Waals surface area contributed by atoms with E-state index < -0.39 is 73.6 Å².